The Balaban J connectivity index is 1.41. The summed E-state index contributed by atoms with van der Waals surface area (Å²) in [6, 6.07) is 7.86. The van der Waals surface area contributed by atoms with Crippen molar-refractivity contribution in [2.45, 2.75) is 37.8 Å². The lowest BCUT2D eigenvalue weighted by Gasteiger charge is -2.35. The lowest BCUT2D eigenvalue weighted by molar-refractivity contribution is -0.146. The number of carbonyl (C=O) groups is 1. The van der Waals surface area contributed by atoms with Crippen LogP contribution in [0.1, 0.15) is 47.7 Å². The number of aromatic nitrogens is 1. The minimum atomic E-state index is -4.98. The number of likely N-dealkylation sites (tertiary alicyclic amines) is 1. The van der Waals surface area contributed by atoms with Crippen LogP contribution in [0.15, 0.2) is 48.7 Å². The number of ether oxygens (including phenoxy) is 1. The van der Waals surface area contributed by atoms with Crippen LogP contribution in [-0.4, -0.2) is 47.7 Å². The second-order valence-corrected chi connectivity index (χ2v) is 10.2. The van der Waals surface area contributed by atoms with Gasteiger partial charge in [-0.05, 0) is 79.8 Å². The minimum absolute atomic E-state index is 0.0311. The predicted molar refractivity (Wildman–Crippen MR) is 140 cm³/mol. The van der Waals surface area contributed by atoms with E-state index in [4.69, 9.17) is 4.74 Å². The number of carboxylic acid groups (broad SMARTS) is 1. The van der Waals surface area contributed by atoms with Gasteiger partial charge in [0.1, 0.15) is 11.9 Å². The zero-order chi connectivity index (χ0) is 30.7. The number of benzene rings is 2. The Morgan fingerprint density at radius 1 is 1.10 bits per heavy atom. The number of nitrogens with zero attached hydrogens (tertiary/aromatic N) is 2. The molecule has 1 aliphatic rings. The number of carboxylic acids is 1. The molecule has 4 rings (SSSR count). The fourth-order valence-corrected chi connectivity index (χ4v) is 5.18. The summed E-state index contributed by atoms with van der Waals surface area (Å²) in [6.45, 7) is 0.411. The summed E-state index contributed by atoms with van der Waals surface area (Å²) in [6.07, 6.45) is -9.01. The first kappa shape index (κ1) is 31.1. The van der Waals surface area contributed by atoms with Crippen LogP contribution in [0.2, 0.25) is 0 Å². The summed E-state index contributed by atoms with van der Waals surface area (Å²) < 4.78 is 99.3. The second-order valence-electron chi connectivity index (χ2n) is 10.2. The number of pyridine rings is 1. The van der Waals surface area contributed by atoms with Crippen molar-refractivity contribution >= 4 is 16.9 Å². The summed E-state index contributed by atoms with van der Waals surface area (Å²) >= 11 is 0. The summed E-state index contributed by atoms with van der Waals surface area (Å²) in [5.41, 5.74) is -2.33. The van der Waals surface area contributed by atoms with E-state index in [1.54, 1.807) is 29.2 Å². The van der Waals surface area contributed by atoms with Crippen molar-refractivity contribution in [3.8, 4) is 17.6 Å². The molecule has 5 nitrogen and oxygen atoms in total. The maximum Gasteiger partial charge on any atom is 0.416 e. The number of hydrogen-bond donors (Lipinski definition) is 1. The molecule has 0 aliphatic carbocycles. The van der Waals surface area contributed by atoms with E-state index in [0.29, 0.717) is 53.7 Å². The van der Waals surface area contributed by atoms with Gasteiger partial charge in [0.2, 0.25) is 0 Å². The SMILES string of the molecule is COc1ccc2nccc([C@@H](F)CC[C@@H]3CCN(CC#Cc4cc(C(F)(F)F)cc(C(F)(F)F)c4)C[C@@H]3C(=O)O)c2c1. The summed E-state index contributed by atoms with van der Waals surface area (Å²) in [5.74, 6) is 3.24. The zero-order valence-electron chi connectivity index (χ0n) is 22.4. The molecule has 3 aromatic rings. The third-order valence-corrected chi connectivity index (χ3v) is 7.39. The van der Waals surface area contributed by atoms with E-state index in [2.05, 4.69) is 16.8 Å². The summed E-state index contributed by atoms with van der Waals surface area (Å²) in [5, 5.41) is 10.4. The number of halogens is 7. The molecular weight excluding hydrogens is 569 g/mol. The zero-order valence-corrected chi connectivity index (χ0v) is 22.4. The van der Waals surface area contributed by atoms with Crippen LogP contribution in [0.5, 0.6) is 5.75 Å². The number of hydrogen-bond acceptors (Lipinski definition) is 4. The van der Waals surface area contributed by atoms with Crippen molar-refractivity contribution in [2.75, 3.05) is 26.7 Å². The van der Waals surface area contributed by atoms with Crippen molar-refractivity contribution in [3.63, 3.8) is 0 Å². The smallest absolute Gasteiger partial charge is 0.416 e. The largest absolute Gasteiger partial charge is 0.497 e. The topological polar surface area (TPSA) is 62.7 Å². The Labute approximate surface area is 237 Å². The molecule has 0 spiro atoms. The molecular formula is C30H27F7N2O3. The molecule has 2 aromatic carbocycles. The number of fused-ring (bicyclic) bond motifs is 1. The van der Waals surface area contributed by atoms with Gasteiger partial charge in [0.15, 0.2) is 0 Å². The first-order valence-electron chi connectivity index (χ1n) is 13.1. The first-order chi connectivity index (χ1) is 19.8. The van der Waals surface area contributed by atoms with Gasteiger partial charge in [-0.2, -0.15) is 26.3 Å². The van der Waals surface area contributed by atoms with Crippen molar-refractivity contribution < 1.29 is 45.4 Å². The Kier molecular flexibility index (Phi) is 9.30. The molecule has 0 bridgehead atoms. The predicted octanol–water partition coefficient (Wildman–Crippen LogP) is 7.15. The highest BCUT2D eigenvalue weighted by molar-refractivity contribution is 5.83. The second kappa shape index (κ2) is 12.6. The molecule has 12 heteroatoms. The van der Waals surface area contributed by atoms with E-state index >= 15 is 4.39 Å². The molecule has 1 aliphatic heterocycles. The Morgan fingerprint density at radius 3 is 2.40 bits per heavy atom. The third kappa shape index (κ3) is 7.50. The van der Waals surface area contributed by atoms with Crippen LogP contribution in [0.4, 0.5) is 30.7 Å². The van der Waals surface area contributed by atoms with Crippen molar-refractivity contribution in [1.29, 1.82) is 0 Å². The molecule has 1 N–H and O–H groups in total. The highest BCUT2D eigenvalue weighted by Gasteiger charge is 2.37. The number of methoxy groups -OCH3 is 1. The van der Waals surface area contributed by atoms with E-state index in [1.807, 2.05) is 0 Å². The van der Waals surface area contributed by atoms with E-state index in [9.17, 15) is 36.2 Å². The van der Waals surface area contributed by atoms with E-state index in [0.717, 1.165) is 0 Å². The molecule has 224 valence electrons. The average molecular weight is 597 g/mol. The lowest BCUT2D eigenvalue weighted by atomic mass is 9.81. The van der Waals surface area contributed by atoms with E-state index in [1.165, 1.54) is 13.3 Å². The van der Waals surface area contributed by atoms with Crippen LogP contribution in [-0.2, 0) is 17.1 Å². The molecule has 0 saturated carbocycles. The highest BCUT2D eigenvalue weighted by atomic mass is 19.4. The molecule has 0 radical (unpaired) electrons. The number of alkyl halides is 7. The van der Waals surface area contributed by atoms with Crippen molar-refractivity contribution in [2.24, 2.45) is 11.8 Å². The molecule has 1 saturated heterocycles. The van der Waals surface area contributed by atoms with E-state index < -0.39 is 47.1 Å². The standard InChI is InChI=1S/C30H27F7N2O3/c1-42-22-5-7-27-24(16-22)23(8-10-38-27)26(31)6-4-19-9-12-39(17-25(19)28(40)41)11-2-3-18-13-20(29(32,33)34)15-21(14-18)30(35,36)37/h5,7-8,10,13-16,19,25-26H,4,6,9,11-12,17H2,1H3,(H,40,41)/t19-,25+,26+/m1/s1. The molecule has 0 amide bonds. The van der Waals surface area contributed by atoms with Crippen LogP contribution in [0, 0.1) is 23.7 Å². The van der Waals surface area contributed by atoms with Crippen LogP contribution in [0.3, 0.4) is 0 Å². The van der Waals surface area contributed by atoms with Gasteiger partial charge in [-0.3, -0.25) is 14.7 Å². The Hall–Kier alpha value is -3.85. The fourth-order valence-electron chi connectivity index (χ4n) is 5.18. The molecule has 3 atom stereocenters. The van der Waals surface area contributed by atoms with Crippen molar-refractivity contribution in [1.82, 2.24) is 9.88 Å². The summed E-state index contributed by atoms with van der Waals surface area (Å²) in [4.78, 5) is 18.0. The van der Waals surface area contributed by atoms with Gasteiger partial charge in [-0.15, -0.1) is 0 Å². The maximum atomic E-state index is 15.4. The van der Waals surface area contributed by atoms with Gasteiger partial charge in [0.05, 0.1) is 36.2 Å². The van der Waals surface area contributed by atoms with Gasteiger partial charge >= 0.3 is 18.3 Å². The normalized spacial score (nSPS) is 18.8. The summed E-state index contributed by atoms with van der Waals surface area (Å²) in [7, 11) is 1.50. The molecule has 42 heavy (non-hydrogen) atoms. The van der Waals surface area contributed by atoms with Crippen LogP contribution >= 0.6 is 0 Å². The number of piperidine rings is 1. The first-order valence-corrected chi connectivity index (χ1v) is 13.1. The van der Waals surface area contributed by atoms with Crippen LogP contribution in [0.25, 0.3) is 10.9 Å². The van der Waals surface area contributed by atoms with Gasteiger partial charge < -0.3 is 9.84 Å². The van der Waals surface area contributed by atoms with Gasteiger partial charge in [0.25, 0.3) is 0 Å². The average Bonchev–Trinajstić information content (AvgIpc) is 2.94. The molecule has 1 fully saturated rings. The highest BCUT2D eigenvalue weighted by Crippen LogP contribution is 2.37. The Morgan fingerprint density at radius 2 is 1.79 bits per heavy atom. The Bertz CT molecular complexity index is 1460. The van der Waals surface area contributed by atoms with Gasteiger partial charge in [0, 0.05) is 23.7 Å². The fraction of sp³-hybridized carbons (Fsp3) is 0.400. The molecule has 0 unspecified atom stereocenters. The maximum absolute atomic E-state index is 15.4. The quantitative estimate of drug-likeness (QED) is 0.232. The number of aliphatic carboxylic acids is 1. The van der Waals surface area contributed by atoms with E-state index in [-0.39, 0.29) is 31.5 Å². The molecule has 1 aromatic heterocycles. The van der Waals surface area contributed by atoms with Gasteiger partial charge in [-0.25, -0.2) is 4.39 Å². The lowest BCUT2D eigenvalue weighted by Crippen LogP contribution is -2.44. The number of rotatable bonds is 7. The van der Waals surface area contributed by atoms with Crippen molar-refractivity contribution in [3.05, 3.63) is 70.9 Å². The van der Waals surface area contributed by atoms with Gasteiger partial charge in [-0.1, -0.05) is 11.8 Å². The molecule has 2 heterocycles. The third-order valence-electron chi connectivity index (χ3n) is 7.39. The minimum Gasteiger partial charge on any atom is -0.497 e. The van der Waals surface area contributed by atoms with Crippen LogP contribution < -0.4 is 4.74 Å². The monoisotopic (exact) mass is 596 g/mol.